The number of aryl methyl sites for hydroxylation is 1. The molecule has 0 aliphatic heterocycles. The fourth-order valence-corrected chi connectivity index (χ4v) is 7.82. The third kappa shape index (κ3) is 6.81. The van der Waals surface area contributed by atoms with Gasteiger partial charge in [0.25, 0.3) is 0 Å². The average Bonchev–Trinajstić information content (AvgIpc) is 3.65. The summed E-state index contributed by atoms with van der Waals surface area (Å²) in [7, 11) is 0. The summed E-state index contributed by atoms with van der Waals surface area (Å²) in [4.78, 5) is 10.3. The van der Waals surface area contributed by atoms with Gasteiger partial charge in [-0.15, -0.1) is 0 Å². The van der Waals surface area contributed by atoms with Gasteiger partial charge in [-0.1, -0.05) is 123 Å². The molecule has 7 aromatic carbocycles. The van der Waals surface area contributed by atoms with Gasteiger partial charge in [-0.05, 0) is 136 Å². The van der Waals surface area contributed by atoms with Crippen LogP contribution in [0.5, 0.6) is 5.75 Å². The van der Waals surface area contributed by atoms with Gasteiger partial charge < -0.3 is 5.11 Å². The van der Waals surface area contributed by atoms with E-state index in [1.54, 1.807) is 6.07 Å². The summed E-state index contributed by atoms with van der Waals surface area (Å²) in [5, 5.41) is 11.3. The molecule has 1 N–H and O–H groups in total. The SMILES string of the molecule is [2H]C(C)(C)c1ccc(-c2ccnc(-c3cc(-c4ccccc4)cc(-c4cccc5c4nc(-c4ccccc4O)n5-c4cc(C)c(C)c(-c5ccccc5)c4)c3)c2)cc1. The van der Waals surface area contributed by atoms with Crippen molar-refractivity contribution in [2.24, 2.45) is 0 Å². The number of benzene rings is 7. The molecule has 0 unspecified atom stereocenters. The van der Waals surface area contributed by atoms with E-state index in [9.17, 15) is 5.11 Å². The van der Waals surface area contributed by atoms with Crippen molar-refractivity contribution in [2.45, 2.75) is 33.6 Å². The summed E-state index contributed by atoms with van der Waals surface area (Å²) in [5.41, 5.74) is 17.2. The fourth-order valence-electron chi connectivity index (χ4n) is 7.82. The molecule has 0 saturated carbocycles. The Labute approximate surface area is 335 Å². The van der Waals surface area contributed by atoms with Crippen molar-refractivity contribution in [2.75, 3.05) is 0 Å². The molecule has 0 aliphatic carbocycles. The van der Waals surface area contributed by atoms with E-state index in [2.05, 4.69) is 134 Å². The van der Waals surface area contributed by atoms with Crippen LogP contribution in [0.3, 0.4) is 0 Å². The number of hydrogen-bond donors (Lipinski definition) is 1. The smallest absolute Gasteiger partial charge is 0.149 e. The van der Waals surface area contributed by atoms with Crippen LogP contribution in [0.15, 0.2) is 176 Å². The molecule has 57 heavy (non-hydrogen) atoms. The lowest BCUT2D eigenvalue weighted by Gasteiger charge is -2.16. The number of fused-ring (bicyclic) bond motifs is 1. The number of rotatable bonds is 8. The number of aromatic hydroxyl groups is 1. The number of pyridine rings is 1. The Morgan fingerprint density at radius 2 is 1.19 bits per heavy atom. The standard InChI is InChI=1S/C53H43N3O/c1-34(2)37-22-24-39(25-23-37)41-26-27-54-49(32-41)44-30-42(38-14-7-5-8-15-38)29-43(31-44)46-19-13-20-50-52(46)55-53(47-18-11-12-21-51(47)57)56(50)45-28-35(3)36(4)48(33-45)40-16-9-6-10-17-40/h5-34,57H,1-4H3/i34D. The summed E-state index contributed by atoms with van der Waals surface area (Å²) in [5.74, 6) is 0.169. The number of para-hydroxylation sites is 2. The van der Waals surface area contributed by atoms with Crippen LogP contribution in [0.25, 0.3) is 83.9 Å². The molecule has 2 heterocycles. The molecule has 0 atom stereocenters. The first-order valence-corrected chi connectivity index (χ1v) is 19.4. The van der Waals surface area contributed by atoms with E-state index in [-0.39, 0.29) is 5.75 Å². The quantitative estimate of drug-likeness (QED) is 0.169. The van der Waals surface area contributed by atoms with E-state index in [0.29, 0.717) is 11.4 Å². The third-order valence-electron chi connectivity index (χ3n) is 11.0. The number of hydrogen-bond acceptors (Lipinski definition) is 3. The first kappa shape index (κ1) is 34.5. The normalized spacial score (nSPS) is 11.8. The molecule has 276 valence electrons. The molecule has 0 bridgehead atoms. The van der Waals surface area contributed by atoms with E-state index in [0.717, 1.165) is 78.0 Å². The van der Waals surface area contributed by atoms with Crippen LogP contribution in [0.2, 0.25) is 0 Å². The van der Waals surface area contributed by atoms with E-state index >= 15 is 0 Å². The predicted octanol–water partition coefficient (Wildman–Crippen LogP) is 13.9. The second-order valence-corrected chi connectivity index (χ2v) is 14.9. The van der Waals surface area contributed by atoms with Gasteiger partial charge in [0.15, 0.2) is 0 Å². The van der Waals surface area contributed by atoms with Crippen LogP contribution in [0.1, 0.15) is 37.8 Å². The first-order chi connectivity index (χ1) is 28.1. The predicted molar refractivity (Wildman–Crippen MR) is 237 cm³/mol. The van der Waals surface area contributed by atoms with Gasteiger partial charge >= 0.3 is 0 Å². The third-order valence-corrected chi connectivity index (χ3v) is 11.0. The maximum absolute atomic E-state index is 11.3. The lowest BCUT2D eigenvalue weighted by molar-refractivity contribution is 0.477. The maximum Gasteiger partial charge on any atom is 0.149 e. The highest BCUT2D eigenvalue weighted by Gasteiger charge is 2.22. The van der Waals surface area contributed by atoms with Gasteiger partial charge in [-0.25, -0.2) is 4.98 Å². The molecule has 4 heteroatoms. The summed E-state index contributed by atoms with van der Waals surface area (Å²) < 4.78 is 10.7. The summed E-state index contributed by atoms with van der Waals surface area (Å²) in [6, 6.07) is 58.3. The minimum atomic E-state index is -0.665. The molecule has 0 fully saturated rings. The maximum atomic E-state index is 11.3. The van der Waals surface area contributed by atoms with Crippen molar-refractivity contribution in [3.05, 3.63) is 193 Å². The number of phenols is 1. The molecule has 9 aromatic rings. The topological polar surface area (TPSA) is 50.9 Å². The minimum absolute atomic E-state index is 0.171. The molecule has 9 rings (SSSR count). The van der Waals surface area contributed by atoms with Crippen molar-refractivity contribution in [1.29, 1.82) is 0 Å². The fraction of sp³-hybridized carbons (Fsp3) is 0.0943. The Morgan fingerprint density at radius 1 is 0.544 bits per heavy atom. The zero-order chi connectivity index (χ0) is 40.0. The number of phenolic OH excluding ortho intramolecular Hbond substituents is 1. The van der Waals surface area contributed by atoms with Crippen LogP contribution in [-0.4, -0.2) is 19.6 Å². The number of imidazole rings is 1. The molecular weight excluding hydrogens is 695 g/mol. The Bertz CT molecular complexity index is 2940. The number of aromatic nitrogens is 3. The molecule has 0 aliphatic rings. The average molecular weight is 739 g/mol. The lowest BCUT2D eigenvalue weighted by atomic mass is 9.93. The number of nitrogens with zero attached hydrogens (tertiary/aromatic N) is 3. The van der Waals surface area contributed by atoms with E-state index in [4.69, 9.17) is 11.3 Å². The van der Waals surface area contributed by atoms with Crippen molar-refractivity contribution in [1.82, 2.24) is 14.5 Å². The van der Waals surface area contributed by atoms with Crippen LogP contribution in [-0.2, 0) is 0 Å². The van der Waals surface area contributed by atoms with E-state index < -0.39 is 5.89 Å². The molecule has 0 amide bonds. The van der Waals surface area contributed by atoms with Crippen molar-refractivity contribution in [3.8, 4) is 78.6 Å². The minimum Gasteiger partial charge on any atom is -0.507 e. The molecule has 0 radical (unpaired) electrons. The monoisotopic (exact) mass is 738 g/mol. The highest BCUT2D eigenvalue weighted by atomic mass is 16.3. The molecule has 0 saturated heterocycles. The Kier molecular flexibility index (Phi) is 9.00. The second-order valence-electron chi connectivity index (χ2n) is 14.9. The van der Waals surface area contributed by atoms with Gasteiger partial charge in [0.05, 0.1) is 22.3 Å². The van der Waals surface area contributed by atoms with E-state index in [1.165, 1.54) is 11.1 Å². The van der Waals surface area contributed by atoms with Crippen molar-refractivity contribution in [3.63, 3.8) is 0 Å². The molecule has 4 nitrogen and oxygen atoms in total. The van der Waals surface area contributed by atoms with Gasteiger partial charge in [0.1, 0.15) is 11.6 Å². The molecule has 0 spiro atoms. The van der Waals surface area contributed by atoms with Crippen molar-refractivity contribution >= 4 is 11.0 Å². The van der Waals surface area contributed by atoms with Gasteiger partial charge in [-0.3, -0.25) is 9.55 Å². The highest BCUT2D eigenvalue weighted by molar-refractivity contribution is 5.98. The van der Waals surface area contributed by atoms with Gasteiger partial charge in [-0.2, -0.15) is 0 Å². The van der Waals surface area contributed by atoms with Crippen LogP contribution >= 0.6 is 0 Å². The Balaban J connectivity index is 1.25. The summed E-state index contributed by atoms with van der Waals surface area (Å²) >= 11 is 0. The second kappa shape index (κ2) is 14.9. The van der Waals surface area contributed by atoms with E-state index in [1.807, 2.05) is 68.6 Å². The Morgan fingerprint density at radius 3 is 1.93 bits per heavy atom. The van der Waals surface area contributed by atoms with Crippen LogP contribution in [0, 0.1) is 13.8 Å². The largest absolute Gasteiger partial charge is 0.507 e. The van der Waals surface area contributed by atoms with Crippen molar-refractivity contribution < 1.29 is 6.48 Å². The summed E-state index contributed by atoms with van der Waals surface area (Å²) in [6.45, 7) is 8.15. The first-order valence-electron chi connectivity index (χ1n) is 19.9. The zero-order valence-electron chi connectivity index (χ0n) is 33.5. The van der Waals surface area contributed by atoms with Crippen LogP contribution in [0.4, 0.5) is 0 Å². The van der Waals surface area contributed by atoms with Gasteiger partial charge in [0, 0.05) is 24.4 Å². The Hall–Kier alpha value is -7.04. The zero-order valence-corrected chi connectivity index (χ0v) is 32.5. The van der Waals surface area contributed by atoms with Gasteiger partial charge in [0.2, 0.25) is 0 Å². The molecule has 2 aromatic heterocycles. The lowest BCUT2D eigenvalue weighted by Crippen LogP contribution is -2.00. The van der Waals surface area contributed by atoms with Crippen LogP contribution < -0.4 is 0 Å². The molecular formula is C53H43N3O. The highest BCUT2D eigenvalue weighted by Crippen LogP contribution is 2.41. The summed E-state index contributed by atoms with van der Waals surface area (Å²) in [6.07, 6.45) is 1.87.